The summed E-state index contributed by atoms with van der Waals surface area (Å²) in [6.07, 6.45) is 4.49. The van der Waals surface area contributed by atoms with Gasteiger partial charge in [0.25, 0.3) is 0 Å². The summed E-state index contributed by atoms with van der Waals surface area (Å²) in [5.41, 5.74) is 1.84. The fourth-order valence-electron chi connectivity index (χ4n) is 2.17. The summed E-state index contributed by atoms with van der Waals surface area (Å²) in [5, 5.41) is 2.80. The average Bonchev–Trinajstić information content (AvgIpc) is 2.57. The predicted octanol–water partition coefficient (Wildman–Crippen LogP) is 1.55. The average molecular weight is 347 g/mol. The third-order valence-electron chi connectivity index (χ3n) is 3.50. The van der Waals surface area contributed by atoms with Gasteiger partial charge in [-0.25, -0.2) is 8.42 Å². The van der Waals surface area contributed by atoms with Crippen molar-refractivity contribution >= 4 is 15.9 Å². The number of carbonyl (C=O) groups excluding carboxylic acids is 1. The molecule has 6 nitrogen and oxygen atoms in total. The lowest BCUT2D eigenvalue weighted by atomic mass is 10.2. The monoisotopic (exact) mass is 347 g/mol. The Morgan fingerprint density at radius 2 is 1.75 bits per heavy atom. The molecule has 2 aromatic rings. The predicted molar refractivity (Wildman–Crippen MR) is 92.4 cm³/mol. The molecule has 0 saturated heterocycles. The molecule has 0 aliphatic heterocycles. The molecule has 1 aromatic carbocycles. The standard InChI is InChI=1S/C17H21N3O3S/c1-24(22,23)20(14-16-7-10-18-11-8-16)12-9-17(21)19-13-15-5-3-2-4-6-15/h2-8,10-11H,9,12-14H2,1H3,(H,19,21). The number of amides is 1. The molecule has 2 rings (SSSR count). The Kier molecular flexibility index (Phi) is 6.45. The largest absolute Gasteiger partial charge is 0.352 e. The number of nitrogens with one attached hydrogen (secondary N) is 1. The van der Waals surface area contributed by atoms with Crippen LogP contribution in [-0.4, -0.2) is 36.4 Å². The molecule has 0 unspecified atom stereocenters. The van der Waals surface area contributed by atoms with Gasteiger partial charge in [0, 0.05) is 38.4 Å². The first-order valence-corrected chi connectivity index (χ1v) is 9.44. The van der Waals surface area contributed by atoms with E-state index >= 15 is 0 Å². The molecule has 128 valence electrons. The maximum Gasteiger partial charge on any atom is 0.221 e. The highest BCUT2D eigenvalue weighted by atomic mass is 32.2. The van der Waals surface area contributed by atoms with Gasteiger partial charge >= 0.3 is 0 Å². The summed E-state index contributed by atoms with van der Waals surface area (Å²) < 4.78 is 25.1. The van der Waals surface area contributed by atoms with E-state index in [1.54, 1.807) is 24.5 Å². The van der Waals surface area contributed by atoms with E-state index in [-0.39, 0.29) is 25.4 Å². The van der Waals surface area contributed by atoms with Crippen LogP contribution in [0.15, 0.2) is 54.9 Å². The molecular formula is C17H21N3O3S. The second-order valence-corrected chi connectivity index (χ2v) is 7.45. The number of benzene rings is 1. The van der Waals surface area contributed by atoms with Crippen molar-refractivity contribution in [3.05, 3.63) is 66.0 Å². The summed E-state index contributed by atoms with van der Waals surface area (Å²) in [7, 11) is -3.39. The van der Waals surface area contributed by atoms with Crippen LogP contribution in [0.3, 0.4) is 0 Å². The topological polar surface area (TPSA) is 79.4 Å². The molecule has 1 aromatic heterocycles. The van der Waals surface area contributed by atoms with E-state index in [1.807, 2.05) is 30.3 Å². The molecule has 1 amide bonds. The number of carbonyl (C=O) groups is 1. The van der Waals surface area contributed by atoms with E-state index in [4.69, 9.17) is 0 Å². The zero-order chi connectivity index (χ0) is 17.4. The SMILES string of the molecule is CS(=O)(=O)N(CCC(=O)NCc1ccccc1)Cc1ccncc1. The van der Waals surface area contributed by atoms with Gasteiger partial charge in [0.05, 0.1) is 6.26 Å². The van der Waals surface area contributed by atoms with Gasteiger partial charge in [-0.2, -0.15) is 4.31 Å². The molecule has 0 aliphatic carbocycles. The highest BCUT2D eigenvalue weighted by Crippen LogP contribution is 2.08. The lowest BCUT2D eigenvalue weighted by Gasteiger charge is -2.19. The molecule has 0 radical (unpaired) electrons. The third-order valence-corrected chi connectivity index (χ3v) is 4.75. The van der Waals surface area contributed by atoms with Crippen LogP contribution in [0.5, 0.6) is 0 Å². The Labute approximate surface area is 142 Å². The van der Waals surface area contributed by atoms with Gasteiger partial charge in [-0.05, 0) is 23.3 Å². The van der Waals surface area contributed by atoms with Crippen molar-refractivity contribution in [2.24, 2.45) is 0 Å². The minimum Gasteiger partial charge on any atom is -0.352 e. The summed E-state index contributed by atoms with van der Waals surface area (Å²) in [4.78, 5) is 15.9. The Morgan fingerprint density at radius 3 is 2.38 bits per heavy atom. The number of hydrogen-bond donors (Lipinski definition) is 1. The van der Waals surface area contributed by atoms with E-state index in [0.29, 0.717) is 6.54 Å². The van der Waals surface area contributed by atoms with E-state index in [1.165, 1.54) is 4.31 Å². The van der Waals surface area contributed by atoms with E-state index in [0.717, 1.165) is 17.4 Å². The Bertz CT molecular complexity index is 749. The molecule has 24 heavy (non-hydrogen) atoms. The van der Waals surface area contributed by atoms with Gasteiger partial charge in [0.2, 0.25) is 15.9 Å². The molecule has 0 atom stereocenters. The fourth-order valence-corrected chi connectivity index (χ4v) is 2.97. The van der Waals surface area contributed by atoms with Crippen LogP contribution >= 0.6 is 0 Å². The summed E-state index contributed by atoms with van der Waals surface area (Å²) in [6.45, 7) is 0.804. The van der Waals surface area contributed by atoms with Gasteiger partial charge in [-0.15, -0.1) is 0 Å². The van der Waals surface area contributed by atoms with Gasteiger partial charge < -0.3 is 5.32 Å². The number of nitrogens with zero attached hydrogens (tertiary/aromatic N) is 2. The minimum atomic E-state index is -3.39. The summed E-state index contributed by atoms with van der Waals surface area (Å²) in [6, 6.07) is 13.1. The highest BCUT2D eigenvalue weighted by molar-refractivity contribution is 7.88. The van der Waals surface area contributed by atoms with Crippen molar-refractivity contribution in [2.45, 2.75) is 19.5 Å². The highest BCUT2D eigenvalue weighted by Gasteiger charge is 2.18. The van der Waals surface area contributed by atoms with Gasteiger partial charge in [-0.1, -0.05) is 30.3 Å². The second-order valence-electron chi connectivity index (χ2n) is 5.46. The zero-order valence-electron chi connectivity index (χ0n) is 13.6. The molecule has 0 aliphatic rings. The van der Waals surface area contributed by atoms with Crippen LogP contribution in [0.4, 0.5) is 0 Å². The Hall–Kier alpha value is -2.25. The molecule has 1 N–H and O–H groups in total. The number of hydrogen-bond acceptors (Lipinski definition) is 4. The summed E-state index contributed by atoms with van der Waals surface area (Å²) in [5.74, 6) is -0.178. The lowest BCUT2D eigenvalue weighted by Crippen LogP contribution is -2.34. The maximum atomic E-state index is 12.0. The van der Waals surface area contributed by atoms with Crippen molar-refractivity contribution in [2.75, 3.05) is 12.8 Å². The molecular weight excluding hydrogens is 326 g/mol. The number of aromatic nitrogens is 1. The maximum absolute atomic E-state index is 12.0. The molecule has 0 spiro atoms. The zero-order valence-corrected chi connectivity index (χ0v) is 14.4. The van der Waals surface area contributed by atoms with Crippen LogP contribution in [0.2, 0.25) is 0 Å². The molecule has 1 heterocycles. The van der Waals surface area contributed by atoms with Crippen LogP contribution in [0.1, 0.15) is 17.5 Å². The Morgan fingerprint density at radius 1 is 1.08 bits per heavy atom. The number of sulfonamides is 1. The van der Waals surface area contributed by atoms with Gasteiger partial charge in [-0.3, -0.25) is 9.78 Å². The number of pyridine rings is 1. The number of rotatable bonds is 8. The van der Waals surface area contributed by atoms with Crippen molar-refractivity contribution in [1.82, 2.24) is 14.6 Å². The molecule has 0 fully saturated rings. The van der Waals surface area contributed by atoms with E-state index in [2.05, 4.69) is 10.3 Å². The third kappa shape index (κ3) is 6.10. The smallest absolute Gasteiger partial charge is 0.221 e. The van der Waals surface area contributed by atoms with Crippen molar-refractivity contribution in [1.29, 1.82) is 0 Å². The normalized spacial score (nSPS) is 11.4. The first-order valence-electron chi connectivity index (χ1n) is 7.60. The quantitative estimate of drug-likeness (QED) is 0.786. The molecule has 0 bridgehead atoms. The van der Waals surface area contributed by atoms with Crippen molar-refractivity contribution < 1.29 is 13.2 Å². The lowest BCUT2D eigenvalue weighted by molar-refractivity contribution is -0.121. The van der Waals surface area contributed by atoms with Crippen LogP contribution < -0.4 is 5.32 Å². The van der Waals surface area contributed by atoms with Crippen LogP contribution in [0, 0.1) is 0 Å². The molecule has 0 saturated carbocycles. The molecule has 7 heteroatoms. The van der Waals surface area contributed by atoms with Gasteiger partial charge in [0.1, 0.15) is 0 Å². The fraction of sp³-hybridized carbons (Fsp3) is 0.294. The van der Waals surface area contributed by atoms with E-state index in [9.17, 15) is 13.2 Å². The second kappa shape index (κ2) is 8.56. The van der Waals surface area contributed by atoms with Crippen molar-refractivity contribution in [3.63, 3.8) is 0 Å². The van der Waals surface area contributed by atoms with E-state index < -0.39 is 10.0 Å². The van der Waals surface area contributed by atoms with Gasteiger partial charge in [0.15, 0.2) is 0 Å². The first-order chi connectivity index (χ1) is 11.4. The van der Waals surface area contributed by atoms with Crippen LogP contribution in [0.25, 0.3) is 0 Å². The van der Waals surface area contributed by atoms with Crippen molar-refractivity contribution in [3.8, 4) is 0 Å². The minimum absolute atomic E-state index is 0.116. The summed E-state index contributed by atoms with van der Waals surface area (Å²) >= 11 is 0. The Balaban J connectivity index is 1.87. The van der Waals surface area contributed by atoms with Crippen LogP contribution in [-0.2, 0) is 27.9 Å². The first kappa shape index (κ1) is 18.1.